The molecule has 0 aliphatic heterocycles. The zero-order valence-corrected chi connectivity index (χ0v) is 14.3. The number of aliphatic hydroxyl groups is 1. The summed E-state index contributed by atoms with van der Waals surface area (Å²) in [5.74, 6) is 0.878. The fourth-order valence-corrected chi connectivity index (χ4v) is 2.53. The predicted octanol–water partition coefficient (Wildman–Crippen LogP) is 2.37. The van der Waals surface area contributed by atoms with Crippen LogP contribution in [0, 0.1) is 5.82 Å². The Morgan fingerprint density at radius 1 is 1.15 bits per heavy atom. The second-order valence-electron chi connectivity index (χ2n) is 5.73. The van der Waals surface area contributed by atoms with Crippen LogP contribution in [0.4, 0.5) is 4.39 Å². The number of nitrogens with zero attached hydrogens (tertiary/aromatic N) is 2. The summed E-state index contributed by atoms with van der Waals surface area (Å²) in [5, 5.41) is 10.4. The summed E-state index contributed by atoms with van der Waals surface area (Å²) < 4.78 is 25.4. The number of hydrogen-bond donors (Lipinski definition) is 1. The number of fused-ring (bicyclic) bond motifs is 1. The van der Waals surface area contributed by atoms with Crippen molar-refractivity contribution in [3.8, 4) is 11.5 Å². The summed E-state index contributed by atoms with van der Waals surface area (Å²) in [7, 11) is 0. The van der Waals surface area contributed by atoms with Gasteiger partial charge < -0.3 is 14.6 Å². The summed E-state index contributed by atoms with van der Waals surface area (Å²) in [6.07, 6.45) is 0.392. The van der Waals surface area contributed by atoms with Gasteiger partial charge in [0.15, 0.2) is 0 Å². The first-order valence-corrected chi connectivity index (χ1v) is 8.25. The topological polar surface area (TPSA) is 73.6 Å². The van der Waals surface area contributed by atoms with Crippen LogP contribution in [0.15, 0.2) is 53.6 Å². The zero-order valence-electron chi connectivity index (χ0n) is 14.3. The molecule has 2 aromatic carbocycles. The van der Waals surface area contributed by atoms with Gasteiger partial charge >= 0.3 is 0 Å². The third kappa shape index (κ3) is 4.18. The lowest BCUT2D eigenvalue weighted by Crippen LogP contribution is -2.30. The fourth-order valence-electron chi connectivity index (χ4n) is 2.53. The van der Waals surface area contributed by atoms with Gasteiger partial charge in [0.2, 0.25) is 0 Å². The quantitative estimate of drug-likeness (QED) is 0.702. The van der Waals surface area contributed by atoms with Crippen molar-refractivity contribution in [3.63, 3.8) is 0 Å². The normalized spacial score (nSPS) is 12.1. The molecule has 0 unspecified atom stereocenters. The van der Waals surface area contributed by atoms with E-state index in [0.717, 1.165) is 5.75 Å². The second-order valence-corrected chi connectivity index (χ2v) is 5.73. The number of hydrogen-bond acceptors (Lipinski definition) is 5. The number of ether oxygens (including phenoxy) is 2. The Kier molecular flexibility index (Phi) is 5.48. The van der Waals surface area contributed by atoms with E-state index in [1.54, 1.807) is 24.3 Å². The summed E-state index contributed by atoms with van der Waals surface area (Å²) in [6, 6.07) is 10.9. The molecule has 7 heteroatoms. The number of benzene rings is 2. The maximum Gasteiger partial charge on any atom is 0.261 e. The molecule has 3 rings (SSSR count). The lowest BCUT2D eigenvalue weighted by molar-refractivity contribution is 0.0914. The number of rotatable bonds is 7. The van der Waals surface area contributed by atoms with Crippen LogP contribution in [-0.4, -0.2) is 34.0 Å². The fraction of sp³-hybridized carbons (Fsp3) is 0.263. The Labute approximate surface area is 149 Å². The average molecular weight is 358 g/mol. The van der Waals surface area contributed by atoms with Crippen LogP contribution in [-0.2, 0) is 6.54 Å². The van der Waals surface area contributed by atoms with Crippen molar-refractivity contribution in [3.05, 3.63) is 65.0 Å². The van der Waals surface area contributed by atoms with E-state index in [1.165, 1.54) is 29.1 Å². The van der Waals surface area contributed by atoms with E-state index in [2.05, 4.69) is 4.98 Å². The SMILES string of the molecule is CCOc1ccc(OC[C@H](O)Cn2cnc3cc(F)ccc3c2=O)cc1. The minimum atomic E-state index is -0.904. The van der Waals surface area contributed by atoms with E-state index in [0.29, 0.717) is 17.7 Å². The first kappa shape index (κ1) is 17.9. The number of aliphatic hydroxyl groups excluding tert-OH is 1. The lowest BCUT2D eigenvalue weighted by atomic mass is 10.2. The van der Waals surface area contributed by atoms with Gasteiger partial charge in [0.25, 0.3) is 5.56 Å². The van der Waals surface area contributed by atoms with Gasteiger partial charge in [0.1, 0.15) is 30.0 Å². The molecule has 0 saturated heterocycles. The second kappa shape index (κ2) is 7.97. The van der Waals surface area contributed by atoms with Crippen LogP contribution in [0.1, 0.15) is 6.92 Å². The molecule has 136 valence electrons. The van der Waals surface area contributed by atoms with Gasteiger partial charge in [-0.05, 0) is 43.3 Å². The lowest BCUT2D eigenvalue weighted by Gasteiger charge is -2.14. The van der Waals surface area contributed by atoms with Crippen molar-refractivity contribution in [2.24, 2.45) is 0 Å². The Hall–Kier alpha value is -2.93. The van der Waals surface area contributed by atoms with E-state index >= 15 is 0 Å². The smallest absolute Gasteiger partial charge is 0.261 e. The van der Waals surface area contributed by atoms with E-state index in [9.17, 15) is 14.3 Å². The molecule has 0 saturated carbocycles. The minimum Gasteiger partial charge on any atom is -0.494 e. The summed E-state index contributed by atoms with van der Waals surface area (Å²) in [4.78, 5) is 16.4. The van der Waals surface area contributed by atoms with Crippen LogP contribution in [0.2, 0.25) is 0 Å². The summed E-state index contributed by atoms with van der Waals surface area (Å²) >= 11 is 0. The monoisotopic (exact) mass is 358 g/mol. The number of aromatic nitrogens is 2. The molecule has 26 heavy (non-hydrogen) atoms. The van der Waals surface area contributed by atoms with E-state index in [4.69, 9.17) is 9.47 Å². The maximum atomic E-state index is 13.2. The molecule has 1 atom stereocenters. The molecule has 1 heterocycles. The molecule has 3 aromatic rings. The molecule has 0 aliphatic rings. The standard InChI is InChI=1S/C19H19FN2O4/c1-2-25-15-4-6-16(7-5-15)26-11-14(23)10-22-12-21-18-9-13(20)3-8-17(18)19(22)24/h3-9,12,14,23H,2,10-11H2,1H3/t14-/m1/s1. The van der Waals surface area contributed by atoms with E-state index in [-0.39, 0.29) is 24.2 Å². The Morgan fingerprint density at radius 2 is 1.85 bits per heavy atom. The van der Waals surface area contributed by atoms with Gasteiger partial charge in [-0.15, -0.1) is 0 Å². The maximum absolute atomic E-state index is 13.2. The highest BCUT2D eigenvalue weighted by Crippen LogP contribution is 2.17. The molecule has 1 N–H and O–H groups in total. The van der Waals surface area contributed by atoms with Crippen LogP contribution >= 0.6 is 0 Å². The highest BCUT2D eigenvalue weighted by Gasteiger charge is 2.11. The third-order valence-electron chi connectivity index (χ3n) is 3.77. The molecule has 0 spiro atoms. The van der Waals surface area contributed by atoms with Gasteiger partial charge in [0.05, 0.1) is 30.4 Å². The van der Waals surface area contributed by atoms with Gasteiger partial charge in [-0.25, -0.2) is 9.37 Å². The largest absolute Gasteiger partial charge is 0.494 e. The highest BCUT2D eigenvalue weighted by molar-refractivity contribution is 5.77. The summed E-state index contributed by atoms with van der Waals surface area (Å²) in [5.41, 5.74) is -0.0542. The molecular weight excluding hydrogens is 339 g/mol. The van der Waals surface area contributed by atoms with Crippen LogP contribution in [0.25, 0.3) is 10.9 Å². The first-order chi connectivity index (χ1) is 12.6. The van der Waals surface area contributed by atoms with Gasteiger partial charge in [-0.2, -0.15) is 0 Å². The van der Waals surface area contributed by atoms with Crippen molar-refractivity contribution in [1.82, 2.24) is 9.55 Å². The Balaban J connectivity index is 1.63. The van der Waals surface area contributed by atoms with E-state index in [1.807, 2.05) is 6.92 Å². The third-order valence-corrected chi connectivity index (χ3v) is 3.77. The molecule has 0 amide bonds. The Bertz CT molecular complexity index is 940. The molecule has 6 nitrogen and oxygen atoms in total. The zero-order chi connectivity index (χ0) is 18.5. The molecule has 0 bridgehead atoms. The molecule has 0 aliphatic carbocycles. The van der Waals surface area contributed by atoms with Crippen molar-refractivity contribution in [1.29, 1.82) is 0 Å². The molecule has 0 radical (unpaired) electrons. The van der Waals surface area contributed by atoms with E-state index < -0.39 is 11.9 Å². The summed E-state index contributed by atoms with van der Waals surface area (Å²) in [6.45, 7) is 2.53. The first-order valence-electron chi connectivity index (χ1n) is 8.25. The molecular formula is C19H19FN2O4. The Morgan fingerprint density at radius 3 is 2.54 bits per heavy atom. The van der Waals surface area contributed by atoms with Gasteiger partial charge in [0, 0.05) is 6.07 Å². The van der Waals surface area contributed by atoms with Crippen LogP contribution in [0.5, 0.6) is 11.5 Å². The van der Waals surface area contributed by atoms with Gasteiger partial charge in [-0.1, -0.05) is 0 Å². The van der Waals surface area contributed by atoms with Crippen molar-refractivity contribution < 1.29 is 19.0 Å². The van der Waals surface area contributed by atoms with Crippen molar-refractivity contribution in [2.75, 3.05) is 13.2 Å². The number of halogens is 1. The highest BCUT2D eigenvalue weighted by atomic mass is 19.1. The molecule has 0 fully saturated rings. The predicted molar refractivity (Wildman–Crippen MR) is 95.1 cm³/mol. The average Bonchev–Trinajstić information content (AvgIpc) is 2.64. The van der Waals surface area contributed by atoms with Gasteiger partial charge in [-0.3, -0.25) is 9.36 Å². The van der Waals surface area contributed by atoms with Crippen molar-refractivity contribution >= 4 is 10.9 Å². The van der Waals surface area contributed by atoms with Crippen molar-refractivity contribution in [2.45, 2.75) is 19.6 Å². The minimum absolute atomic E-state index is 0.0158. The van der Waals surface area contributed by atoms with Crippen LogP contribution in [0.3, 0.4) is 0 Å². The molecule has 1 aromatic heterocycles. The van der Waals surface area contributed by atoms with Crippen LogP contribution < -0.4 is 15.0 Å².